The summed E-state index contributed by atoms with van der Waals surface area (Å²) in [4.78, 5) is 0. The summed E-state index contributed by atoms with van der Waals surface area (Å²) in [5.74, 6) is 0. The smallest absolute Gasteiger partial charge is 0.154 e. The van der Waals surface area contributed by atoms with Crippen LogP contribution in [0, 0.1) is 13.8 Å². The molecule has 0 fully saturated rings. The summed E-state index contributed by atoms with van der Waals surface area (Å²) in [6.45, 7) is 7.32. The van der Waals surface area contributed by atoms with Crippen molar-refractivity contribution in [2.75, 3.05) is 6.26 Å². The van der Waals surface area contributed by atoms with Crippen LogP contribution in [0.5, 0.6) is 0 Å². The molecular weight excluding hydrogens is 234 g/mol. The van der Waals surface area contributed by atoms with Crippen molar-refractivity contribution in [3.05, 3.63) is 34.9 Å². The van der Waals surface area contributed by atoms with E-state index in [0.717, 1.165) is 16.7 Å². The molecule has 2 N–H and O–H groups in total. The van der Waals surface area contributed by atoms with Crippen molar-refractivity contribution in [3.63, 3.8) is 0 Å². The van der Waals surface area contributed by atoms with Gasteiger partial charge in [0.2, 0.25) is 0 Å². The van der Waals surface area contributed by atoms with E-state index in [9.17, 15) is 8.42 Å². The van der Waals surface area contributed by atoms with E-state index in [1.165, 1.54) is 6.26 Å². The first-order chi connectivity index (χ1) is 7.59. The Balaban J connectivity index is 3.31. The lowest BCUT2D eigenvalue weighted by Crippen LogP contribution is -2.42. The van der Waals surface area contributed by atoms with E-state index in [2.05, 4.69) is 0 Å². The highest BCUT2D eigenvalue weighted by Crippen LogP contribution is 2.32. The van der Waals surface area contributed by atoms with Gasteiger partial charge in [-0.3, -0.25) is 0 Å². The molecule has 0 bridgehead atoms. The number of hydrogen-bond acceptors (Lipinski definition) is 3. The molecule has 1 unspecified atom stereocenters. The molecule has 0 aliphatic carbocycles. The molecule has 4 heteroatoms. The average molecular weight is 255 g/mol. The second-order valence-electron chi connectivity index (χ2n) is 5.14. The number of hydrogen-bond donors (Lipinski definition) is 1. The van der Waals surface area contributed by atoms with Gasteiger partial charge in [-0.1, -0.05) is 18.2 Å². The Morgan fingerprint density at radius 3 is 2.24 bits per heavy atom. The lowest BCUT2D eigenvalue weighted by atomic mass is 9.91. The van der Waals surface area contributed by atoms with Crippen LogP contribution in [0.3, 0.4) is 0 Å². The fourth-order valence-corrected chi connectivity index (χ4v) is 2.30. The Morgan fingerprint density at radius 1 is 1.24 bits per heavy atom. The number of rotatable bonds is 3. The third-order valence-electron chi connectivity index (χ3n) is 3.69. The molecule has 1 atom stereocenters. The molecule has 0 amide bonds. The Morgan fingerprint density at radius 2 is 1.76 bits per heavy atom. The molecule has 1 aromatic rings. The highest BCUT2D eigenvalue weighted by atomic mass is 32.2. The summed E-state index contributed by atoms with van der Waals surface area (Å²) in [6.07, 6.45) is 1.23. The van der Waals surface area contributed by atoms with Crippen molar-refractivity contribution < 1.29 is 8.42 Å². The van der Waals surface area contributed by atoms with Crippen molar-refractivity contribution in [2.24, 2.45) is 5.73 Å². The van der Waals surface area contributed by atoms with Gasteiger partial charge in [0.1, 0.15) is 0 Å². The summed E-state index contributed by atoms with van der Waals surface area (Å²) in [5.41, 5.74) is 9.25. The van der Waals surface area contributed by atoms with Crippen LogP contribution in [-0.4, -0.2) is 19.4 Å². The van der Waals surface area contributed by atoms with E-state index < -0.39 is 20.6 Å². The first kappa shape index (κ1) is 14.2. The monoisotopic (exact) mass is 255 g/mol. The number of nitrogens with two attached hydrogens (primary N) is 1. The van der Waals surface area contributed by atoms with Crippen molar-refractivity contribution >= 4 is 9.84 Å². The molecule has 17 heavy (non-hydrogen) atoms. The highest BCUT2D eigenvalue weighted by Gasteiger charge is 2.38. The van der Waals surface area contributed by atoms with Crippen LogP contribution >= 0.6 is 0 Å². The van der Waals surface area contributed by atoms with Crippen LogP contribution in [0.4, 0.5) is 0 Å². The summed E-state index contributed by atoms with van der Waals surface area (Å²) >= 11 is 0. The molecule has 0 saturated carbocycles. The average Bonchev–Trinajstić information content (AvgIpc) is 2.19. The van der Waals surface area contributed by atoms with Crippen LogP contribution in [0.1, 0.15) is 36.6 Å². The lowest BCUT2D eigenvalue weighted by Gasteiger charge is -2.31. The van der Waals surface area contributed by atoms with E-state index in [4.69, 9.17) is 5.73 Å². The van der Waals surface area contributed by atoms with Crippen molar-refractivity contribution in [3.8, 4) is 0 Å². The SMILES string of the molecule is Cc1cccc(C(N)C(C)(C)S(C)(=O)=O)c1C. The van der Waals surface area contributed by atoms with Gasteiger partial charge in [-0.2, -0.15) is 0 Å². The second-order valence-corrected chi connectivity index (χ2v) is 7.74. The number of aryl methyl sites for hydroxylation is 1. The predicted molar refractivity (Wildman–Crippen MR) is 71.8 cm³/mol. The largest absolute Gasteiger partial charge is 0.323 e. The first-order valence-corrected chi connectivity index (χ1v) is 7.49. The molecule has 0 spiro atoms. The van der Waals surface area contributed by atoms with E-state index in [1.54, 1.807) is 13.8 Å². The zero-order valence-electron chi connectivity index (χ0n) is 11.1. The molecule has 96 valence electrons. The van der Waals surface area contributed by atoms with Gasteiger partial charge >= 0.3 is 0 Å². The minimum Gasteiger partial charge on any atom is -0.323 e. The standard InChI is InChI=1S/C13H21NO2S/c1-9-7-6-8-11(10(9)2)12(14)13(3,4)17(5,15)16/h6-8,12H,14H2,1-5H3. The van der Waals surface area contributed by atoms with E-state index in [1.807, 2.05) is 32.0 Å². The quantitative estimate of drug-likeness (QED) is 0.900. The third kappa shape index (κ3) is 2.53. The molecule has 0 saturated heterocycles. The third-order valence-corrected chi connectivity index (χ3v) is 5.85. The van der Waals surface area contributed by atoms with Crippen molar-refractivity contribution in [1.29, 1.82) is 0 Å². The van der Waals surface area contributed by atoms with Crippen LogP contribution in [-0.2, 0) is 9.84 Å². The topological polar surface area (TPSA) is 60.2 Å². The molecule has 0 aliphatic rings. The molecule has 0 radical (unpaired) electrons. The second kappa shape index (κ2) is 4.42. The fourth-order valence-electron chi connectivity index (χ4n) is 1.72. The molecule has 1 aromatic carbocycles. The lowest BCUT2D eigenvalue weighted by molar-refractivity contribution is 0.495. The fraction of sp³-hybridized carbons (Fsp3) is 0.538. The maximum atomic E-state index is 11.8. The van der Waals surface area contributed by atoms with Gasteiger partial charge in [-0.25, -0.2) is 8.42 Å². The first-order valence-electron chi connectivity index (χ1n) is 5.60. The van der Waals surface area contributed by atoms with Gasteiger partial charge in [0, 0.05) is 12.3 Å². The Bertz CT molecular complexity index is 518. The van der Waals surface area contributed by atoms with Gasteiger partial charge in [-0.15, -0.1) is 0 Å². The van der Waals surface area contributed by atoms with E-state index in [0.29, 0.717) is 0 Å². The molecule has 0 aromatic heterocycles. The summed E-state index contributed by atoms with van der Waals surface area (Å²) < 4.78 is 22.6. The highest BCUT2D eigenvalue weighted by molar-refractivity contribution is 7.92. The molecular formula is C13H21NO2S. The van der Waals surface area contributed by atoms with Gasteiger partial charge in [0.15, 0.2) is 9.84 Å². The maximum Gasteiger partial charge on any atom is 0.154 e. The Kier molecular flexibility index (Phi) is 3.69. The van der Waals surface area contributed by atoms with Gasteiger partial charge < -0.3 is 5.73 Å². The van der Waals surface area contributed by atoms with E-state index >= 15 is 0 Å². The van der Waals surface area contributed by atoms with Crippen LogP contribution < -0.4 is 5.73 Å². The van der Waals surface area contributed by atoms with Crippen molar-refractivity contribution in [2.45, 2.75) is 38.5 Å². The molecule has 1 rings (SSSR count). The Hall–Kier alpha value is -0.870. The summed E-state index contributed by atoms with van der Waals surface area (Å²) in [6, 6.07) is 5.30. The normalized spacial score (nSPS) is 14.7. The summed E-state index contributed by atoms with van der Waals surface area (Å²) in [7, 11) is -3.20. The molecule has 3 nitrogen and oxygen atoms in total. The van der Waals surface area contributed by atoms with Crippen LogP contribution in [0.2, 0.25) is 0 Å². The zero-order chi connectivity index (χ0) is 13.4. The summed E-state index contributed by atoms with van der Waals surface area (Å²) in [5, 5.41) is 0. The van der Waals surface area contributed by atoms with Gasteiger partial charge in [-0.05, 0) is 44.4 Å². The molecule has 0 aliphatic heterocycles. The van der Waals surface area contributed by atoms with Gasteiger partial charge in [0.05, 0.1) is 4.75 Å². The Labute approximate surface area is 104 Å². The van der Waals surface area contributed by atoms with E-state index in [-0.39, 0.29) is 0 Å². The number of sulfone groups is 1. The zero-order valence-corrected chi connectivity index (χ0v) is 11.9. The van der Waals surface area contributed by atoms with Crippen molar-refractivity contribution in [1.82, 2.24) is 0 Å². The maximum absolute atomic E-state index is 11.8. The molecule has 0 heterocycles. The predicted octanol–water partition coefficient (Wildman–Crippen LogP) is 2.13. The van der Waals surface area contributed by atoms with Gasteiger partial charge in [0.25, 0.3) is 0 Å². The van der Waals surface area contributed by atoms with Crippen LogP contribution in [0.15, 0.2) is 18.2 Å². The minimum atomic E-state index is -3.20. The van der Waals surface area contributed by atoms with Crippen LogP contribution in [0.25, 0.3) is 0 Å². The number of benzene rings is 1. The minimum absolute atomic E-state index is 0.516.